The molecule has 0 saturated heterocycles. The van der Waals surface area contributed by atoms with Crippen molar-refractivity contribution in [2.45, 2.75) is 19.5 Å². The molecule has 0 saturated carbocycles. The van der Waals surface area contributed by atoms with Gasteiger partial charge in [-0.3, -0.25) is 5.32 Å². The second kappa shape index (κ2) is 7.45. The Bertz CT molecular complexity index is 584. The van der Waals surface area contributed by atoms with Crippen LogP contribution in [0.3, 0.4) is 0 Å². The number of hydrogen-bond acceptors (Lipinski definition) is 4. The maximum Gasteiger partial charge on any atom is 0.327 e. The van der Waals surface area contributed by atoms with Crippen LogP contribution in [0.5, 0.6) is 5.75 Å². The number of phenols is 1. The van der Waals surface area contributed by atoms with Gasteiger partial charge in [0, 0.05) is 6.54 Å². The van der Waals surface area contributed by atoms with E-state index in [1.54, 1.807) is 31.2 Å². The summed E-state index contributed by atoms with van der Waals surface area (Å²) in [6.45, 7) is 2.63. The molecule has 2 aromatic rings. The summed E-state index contributed by atoms with van der Waals surface area (Å²) in [5.41, 5.74) is 1.76. The Morgan fingerprint density at radius 2 is 1.95 bits per heavy atom. The average Bonchev–Trinajstić information content (AvgIpc) is 2.49. The molecule has 0 spiro atoms. The summed E-state index contributed by atoms with van der Waals surface area (Å²) in [5.74, 6) is -0.220. The van der Waals surface area contributed by atoms with Gasteiger partial charge in [0.05, 0.1) is 6.61 Å². The van der Waals surface area contributed by atoms with Crippen LogP contribution in [-0.4, -0.2) is 17.7 Å². The number of esters is 1. The predicted molar refractivity (Wildman–Crippen MR) is 80.8 cm³/mol. The van der Waals surface area contributed by atoms with Crippen LogP contribution < -0.4 is 5.32 Å². The fraction of sp³-hybridized carbons (Fsp3) is 0.235. The van der Waals surface area contributed by atoms with Gasteiger partial charge in [-0.1, -0.05) is 42.5 Å². The molecule has 2 rings (SSSR count). The topological polar surface area (TPSA) is 58.6 Å². The van der Waals surface area contributed by atoms with E-state index in [1.807, 2.05) is 30.3 Å². The Labute approximate surface area is 124 Å². The molecule has 1 atom stereocenters. The summed E-state index contributed by atoms with van der Waals surface area (Å²) in [7, 11) is 0. The highest BCUT2D eigenvalue weighted by Crippen LogP contribution is 2.20. The highest BCUT2D eigenvalue weighted by Gasteiger charge is 2.21. The average molecular weight is 285 g/mol. The fourth-order valence-electron chi connectivity index (χ4n) is 2.08. The van der Waals surface area contributed by atoms with E-state index in [2.05, 4.69) is 5.32 Å². The van der Waals surface area contributed by atoms with Gasteiger partial charge in [0.15, 0.2) is 0 Å². The van der Waals surface area contributed by atoms with Crippen LogP contribution in [0, 0.1) is 0 Å². The smallest absolute Gasteiger partial charge is 0.327 e. The third kappa shape index (κ3) is 4.33. The van der Waals surface area contributed by atoms with Gasteiger partial charge in [0.25, 0.3) is 0 Å². The van der Waals surface area contributed by atoms with Crippen molar-refractivity contribution in [1.29, 1.82) is 0 Å². The molecule has 0 amide bonds. The lowest BCUT2D eigenvalue weighted by Crippen LogP contribution is -2.29. The molecule has 1 unspecified atom stereocenters. The Hall–Kier alpha value is -2.33. The molecule has 0 aliphatic heterocycles. The Balaban J connectivity index is 2.14. The molecular weight excluding hydrogens is 266 g/mol. The van der Waals surface area contributed by atoms with Gasteiger partial charge in [-0.05, 0) is 30.2 Å². The highest BCUT2D eigenvalue weighted by atomic mass is 16.5. The van der Waals surface area contributed by atoms with E-state index in [0.717, 1.165) is 5.56 Å². The lowest BCUT2D eigenvalue weighted by molar-refractivity contribution is -0.145. The Kier molecular flexibility index (Phi) is 5.35. The van der Waals surface area contributed by atoms with E-state index in [-0.39, 0.29) is 11.7 Å². The minimum atomic E-state index is -0.600. The van der Waals surface area contributed by atoms with E-state index < -0.39 is 6.04 Å². The van der Waals surface area contributed by atoms with Crippen molar-refractivity contribution in [2.24, 2.45) is 0 Å². The minimum Gasteiger partial charge on any atom is -0.508 e. The van der Waals surface area contributed by atoms with Crippen LogP contribution in [-0.2, 0) is 16.1 Å². The van der Waals surface area contributed by atoms with Gasteiger partial charge in [-0.2, -0.15) is 0 Å². The summed E-state index contributed by atoms with van der Waals surface area (Å²) in [6, 6.07) is 15.9. The SMILES string of the molecule is CCOC(=O)C(NCc1ccccc1)c1cccc(O)c1. The molecule has 0 aliphatic rings. The molecular formula is C17H19NO3. The standard InChI is InChI=1S/C17H19NO3/c1-2-21-17(20)16(14-9-6-10-15(19)11-14)18-12-13-7-4-3-5-8-13/h3-11,16,18-19H,2,12H2,1H3. The van der Waals surface area contributed by atoms with Crippen LogP contribution in [0.15, 0.2) is 54.6 Å². The zero-order valence-electron chi connectivity index (χ0n) is 12.0. The molecule has 0 heterocycles. The zero-order valence-corrected chi connectivity index (χ0v) is 12.0. The molecule has 0 aromatic heterocycles. The normalized spacial score (nSPS) is 11.9. The molecule has 110 valence electrons. The van der Waals surface area contributed by atoms with E-state index in [1.165, 1.54) is 0 Å². The number of phenolic OH excluding ortho intramolecular Hbond substituents is 1. The first-order chi connectivity index (χ1) is 10.2. The molecule has 2 N–H and O–H groups in total. The van der Waals surface area contributed by atoms with Crippen molar-refractivity contribution in [3.8, 4) is 5.75 Å². The fourth-order valence-corrected chi connectivity index (χ4v) is 2.08. The van der Waals surface area contributed by atoms with Crippen LogP contribution >= 0.6 is 0 Å². The highest BCUT2D eigenvalue weighted by molar-refractivity contribution is 5.77. The van der Waals surface area contributed by atoms with Crippen molar-refractivity contribution >= 4 is 5.97 Å². The number of nitrogens with one attached hydrogen (secondary N) is 1. The molecule has 0 radical (unpaired) electrons. The zero-order chi connectivity index (χ0) is 15.1. The third-order valence-corrected chi connectivity index (χ3v) is 3.08. The number of aromatic hydroxyl groups is 1. The van der Waals surface area contributed by atoms with Crippen molar-refractivity contribution in [3.63, 3.8) is 0 Å². The molecule has 4 heteroatoms. The monoisotopic (exact) mass is 285 g/mol. The van der Waals surface area contributed by atoms with Crippen molar-refractivity contribution in [3.05, 3.63) is 65.7 Å². The summed E-state index contributed by atoms with van der Waals surface area (Å²) < 4.78 is 5.10. The third-order valence-electron chi connectivity index (χ3n) is 3.08. The summed E-state index contributed by atoms with van der Waals surface area (Å²) in [5, 5.41) is 12.8. The number of benzene rings is 2. The maximum atomic E-state index is 12.1. The Morgan fingerprint density at radius 1 is 1.19 bits per heavy atom. The van der Waals surface area contributed by atoms with Gasteiger partial charge in [0.1, 0.15) is 11.8 Å². The van der Waals surface area contributed by atoms with E-state index in [4.69, 9.17) is 4.74 Å². The maximum absolute atomic E-state index is 12.1. The van der Waals surface area contributed by atoms with E-state index in [0.29, 0.717) is 18.7 Å². The van der Waals surface area contributed by atoms with Crippen LogP contribution in [0.2, 0.25) is 0 Å². The lowest BCUT2D eigenvalue weighted by atomic mass is 10.1. The minimum absolute atomic E-state index is 0.128. The van der Waals surface area contributed by atoms with Crippen molar-refractivity contribution in [2.75, 3.05) is 6.61 Å². The molecule has 0 aliphatic carbocycles. The first kappa shape index (κ1) is 15.1. The molecule has 0 fully saturated rings. The lowest BCUT2D eigenvalue weighted by Gasteiger charge is -2.18. The number of ether oxygens (including phenoxy) is 1. The van der Waals surface area contributed by atoms with Crippen molar-refractivity contribution < 1.29 is 14.6 Å². The molecule has 2 aromatic carbocycles. The number of carbonyl (C=O) groups excluding carboxylic acids is 1. The molecule has 0 bridgehead atoms. The summed E-state index contributed by atoms with van der Waals surface area (Å²) in [4.78, 5) is 12.1. The number of rotatable bonds is 6. The van der Waals surface area contributed by atoms with Crippen LogP contribution in [0.4, 0.5) is 0 Å². The number of carbonyl (C=O) groups is 1. The summed E-state index contributed by atoms with van der Waals surface area (Å²) >= 11 is 0. The quantitative estimate of drug-likeness (QED) is 0.801. The molecule has 21 heavy (non-hydrogen) atoms. The van der Waals surface area contributed by atoms with Gasteiger partial charge < -0.3 is 9.84 Å². The van der Waals surface area contributed by atoms with Gasteiger partial charge in [0.2, 0.25) is 0 Å². The molecule has 4 nitrogen and oxygen atoms in total. The summed E-state index contributed by atoms with van der Waals surface area (Å²) in [6.07, 6.45) is 0. The van der Waals surface area contributed by atoms with Crippen LogP contribution in [0.25, 0.3) is 0 Å². The predicted octanol–water partition coefficient (Wildman–Crippen LogP) is 2.79. The van der Waals surface area contributed by atoms with E-state index >= 15 is 0 Å². The first-order valence-electron chi connectivity index (χ1n) is 6.93. The first-order valence-corrected chi connectivity index (χ1v) is 6.93. The van der Waals surface area contributed by atoms with Crippen molar-refractivity contribution in [1.82, 2.24) is 5.32 Å². The number of hydrogen-bond donors (Lipinski definition) is 2. The van der Waals surface area contributed by atoms with Gasteiger partial charge in [-0.25, -0.2) is 4.79 Å². The second-order valence-corrected chi connectivity index (χ2v) is 4.65. The van der Waals surface area contributed by atoms with Crippen LogP contribution in [0.1, 0.15) is 24.1 Å². The Morgan fingerprint density at radius 3 is 2.62 bits per heavy atom. The second-order valence-electron chi connectivity index (χ2n) is 4.65. The largest absolute Gasteiger partial charge is 0.508 e. The van der Waals surface area contributed by atoms with E-state index in [9.17, 15) is 9.90 Å². The van der Waals surface area contributed by atoms with Gasteiger partial charge in [-0.15, -0.1) is 0 Å². The van der Waals surface area contributed by atoms with Gasteiger partial charge >= 0.3 is 5.97 Å².